The first kappa shape index (κ1) is 24.0. The molecule has 0 unspecified atom stereocenters. The molecule has 1 aliphatic heterocycles. The summed E-state index contributed by atoms with van der Waals surface area (Å²) in [6, 6.07) is 9.07. The summed E-state index contributed by atoms with van der Waals surface area (Å²) >= 11 is 7.00. The van der Waals surface area contributed by atoms with Crippen molar-refractivity contribution in [3.05, 3.63) is 93.5 Å². The minimum Gasteiger partial charge on any atom is -0.301 e. The third-order valence-electron chi connectivity index (χ3n) is 5.33. The monoisotopic (exact) mass is 528 g/mol. The summed E-state index contributed by atoms with van der Waals surface area (Å²) in [6.45, 7) is 0.270. The van der Waals surface area contributed by atoms with Crippen molar-refractivity contribution in [2.45, 2.75) is 19.3 Å². The fourth-order valence-corrected chi connectivity index (χ4v) is 4.65. The van der Waals surface area contributed by atoms with E-state index >= 15 is 0 Å². The summed E-state index contributed by atoms with van der Waals surface area (Å²) < 4.78 is 41.9. The van der Waals surface area contributed by atoms with Crippen molar-refractivity contribution >= 4 is 51.4 Å². The van der Waals surface area contributed by atoms with Gasteiger partial charge in [0, 0.05) is 28.4 Å². The molecule has 12 heteroatoms. The molecule has 3 heterocycles. The Hall–Kier alpha value is -3.70. The number of amidine groups is 1. The number of aliphatic imine (C=N–C) groups is 1. The first-order valence-corrected chi connectivity index (χ1v) is 11.8. The van der Waals surface area contributed by atoms with Crippen molar-refractivity contribution in [1.29, 1.82) is 0 Å². The topological polar surface area (TPSA) is 85.1 Å². The molecule has 36 heavy (non-hydrogen) atoms. The molecule has 0 atom stereocenters. The smallest absolute Gasteiger partial charge is 0.301 e. The van der Waals surface area contributed by atoms with E-state index in [-0.39, 0.29) is 23.0 Å². The average Bonchev–Trinajstić information content (AvgIpc) is 3.41. The van der Waals surface area contributed by atoms with Gasteiger partial charge in [0.2, 0.25) is 0 Å². The van der Waals surface area contributed by atoms with Crippen LogP contribution in [0.3, 0.4) is 0 Å². The number of halogens is 4. The first-order valence-electron chi connectivity index (χ1n) is 10.6. The van der Waals surface area contributed by atoms with Gasteiger partial charge in [-0.05, 0) is 53.2 Å². The van der Waals surface area contributed by atoms with Crippen LogP contribution in [0.25, 0.3) is 17.0 Å². The van der Waals surface area contributed by atoms with Crippen molar-refractivity contribution in [3.63, 3.8) is 0 Å². The predicted octanol–water partition coefficient (Wildman–Crippen LogP) is 5.31. The highest BCUT2D eigenvalue weighted by Crippen LogP contribution is 2.34. The standard InChI is InChI=1S/C24H16ClF3N6OS/c25-18-3-2-16(19(7-18)24(26,27)28)12-34-20-4-1-14(5-17(20)11-32-34)6-21-22(35)33-23(36-21)31-10-15-8-29-13-30-9-15/h1-9,11,13H,10,12H2,(H,31,33,35). The predicted molar refractivity (Wildman–Crippen MR) is 132 cm³/mol. The zero-order valence-corrected chi connectivity index (χ0v) is 19.9. The molecule has 1 N–H and O–H groups in total. The summed E-state index contributed by atoms with van der Waals surface area (Å²) in [5.41, 5.74) is 1.51. The average molecular weight is 529 g/mol. The van der Waals surface area contributed by atoms with Crippen molar-refractivity contribution in [3.8, 4) is 0 Å². The number of aromatic nitrogens is 4. The molecule has 1 saturated heterocycles. The van der Waals surface area contributed by atoms with E-state index in [2.05, 4.69) is 25.4 Å². The lowest BCUT2D eigenvalue weighted by Crippen LogP contribution is -2.19. The van der Waals surface area contributed by atoms with Gasteiger partial charge >= 0.3 is 6.18 Å². The number of nitrogens with zero attached hydrogens (tertiary/aromatic N) is 5. The highest BCUT2D eigenvalue weighted by Gasteiger charge is 2.33. The van der Waals surface area contributed by atoms with Crippen LogP contribution in [0, 0.1) is 0 Å². The minimum absolute atomic E-state index is 0.0187. The van der Waals surface area contributed by atoms with Crippen LogP contribution in [-0.4, -0.2) is 30.8 Å². The fourth-order valence-electron chi connectivity index (χ4n) is 3.66. The minimum atomic E-state index is -4.53. The number of carbonyl (C=O) groups is 1. The van der Waals surface area contributed by atoms with Crippen LogP contribution in [-0.2, 0) is 24.1 Å². The third-order valence-corrected chi connectivity index (χ3v) is 6.51. The maximum Gasteiger partial charge on any atom is 0.416 e. The molecule has 5 rings (SSSR count). The molecule has 0 radical (unpaired) electrons. The number of alkyl halides is 3. The van der Waals surface area contributed by atoms with Crippen LogP contribution in [0.5, 0.6) is 0 Å². The largest absolute Gasteiger partial charge is 0.416 e. The van der Waals surface area contributed by atoms with Crippen LogP contribution < -0.4 is 5.32 Å². The summed E-state index contributed by atoms with van der Waals surface area (Å²) in [6.07, 6.45) is 3.52. The molecular formula is C24H16ClF3N6OS. The number of thioether (sulfide) groups is 1. The highest BCUT2D eigenvalue weighted by molar-refractivity contribution is 8.18. The van der Waals surface area contributed by atoms with Crippen LogP contribution >= 0.6 is 23.4 Å². The Morgan fingerprint density at radius 3 is 2.69 bits per heavy atom. The molecule has 0 aliphatic carbocycles. The Kier molecular flexibility index (Phi) is 6.50. The first-order chi connectivity index (χ1) is 17.3. The lowest BCUT2D eigenvalue weighted by Gasteiger charge is -2.14. The molecule has 1 amide bonds. The Morgan fingerprint density at radius 1 is 1.11 bits per heavy atom. The van der Waals surface area contributed by atoms with Crippen molar-refractivity contribution in [2.24, 2.45) is 4.99 Å². The third kappa shape index (κ3) is 5.26. The van der Waals surface area contributed by atoms with Gasteiger partial charge < -0.3 is 5.32 Å². The number of amides is 1. The number of nitrogens with one attached hydrogen (secondary N) is 1. The SMILES string of the molecule is O=C1NC(=NCc2cncnc2)SC1=Cc1ccc2c(cnn2Cc2ccc(Cl)cc2C(F)(F)F)c1. The molecule has 182 valence electrons. The maximum absolute atomic E-state index is 13.5. The molecule has 2 aromatic carbocycles. The van der Waals surface area contributed by atoms with Crippen molar-refractivity contribution < 1.29 is 18.0 Å². The summed E-state index contributed by atoms with van der Waals surface area (Å²) in [4.78, 5) is 25.1. The Bertz CT molecular complexity index is 1520. The molecule has 2 aromatic heterocycles. The quantitative estimate of drug-likeness (QED) is 0.355. The van der Waals surface area contributed by atoms with Crippen LogP contribution in [0.15, 0.2) is 71.2 Å². The second-order valence-electron chi connectivity index (χ2n) is 7.85. The van der Waals surface area contributed by atoms with E-state index in [9.17, 15) is 18.0 Å². The molecule has 7 nitrogen and oxygen atoms in total. The molecule has 0 spiro atoms. The molecule has 0 bridgehead atoms. The summed E-state index contributed by atoms with van der Waals surface area (Å²) in [7, 11) is 0. The van der Waals surface area contributed by atoms with Gasteiger partial charge in [-0.1, -0.05) is 23.7 Å². The van der Waals surface area contributed by atoms with Gasteiger partial charge in [0.05, 0.1) is 35.3 Å². The number of fused-ring (bicyclic) bond motifs is 1. The van der Waals surface area contributed by atoms with Gasteiger partial charge in [0.15, 0.2) is 5.17 Å². The van der Waals surface area contributed by atoms with Gasteiger partial charge in [-0.25, -0.2) is 9.97 Å². The number of carbonyl (C=O) groups excluding carboxylic acids is 1. The fraction of sp³-hybridized carbons (Fsp3) is 0.125. The number of benzene rings is 2. The maximum atomic E-state index is 13.5. The zero-order chi connectivity index (χ0) is 25.3. The van der Waals surface area contributed by atoms with Gasteiger partial charge in [-0.3, -0.25) is 14.5 Å². The molecule has 1 aliphatic rings. The second-order valence-corrected chi connectivity index (χ2v) is 9.32. The van der Waals surface area contributed by atoms with Crippen molar-refractivity contribution in [1.82, 2.24) is 25.1 Å². The second kappa shape index (κ2) is 9.75. The number of hydrogen-bond acceptors (Lipinski definition) is 6. The zero-order valence-electron chi connectivity index (χ0n) is 18.3. The van der Waals surface area contributed by atoms with E-state index in [1.54, 1.807) is 36.8 Å². The molecule has 0 saturated carbocycles. The van der Waals surface area contributed by atoms with E-state index in [1.807, 2.05) is 6.07 Å². The van der Waals surface area contributed by atoms with Crippen LogP contribution in [0.4, 0.5) is 13.2 Å². The van der Waals surface area contributed by atoms with E-state index in [4.69, 9.17) is 11.6 Å². The van der Waals surface area contributed by atoms with Gasteiger partial charge in [-0.2, -0.15) is 18.3 Å². The van der Waals surface area contributed by atoms with E-state index in [0.717, 1.165) is 22.6 Å². The molecule has 4 aromatic rings. The van der Waals surface area contributed by atoms with Gasteiger partial charge in [0.1, 0.15) is 6.33 Å². The summed E-state index contributed by atoms with van der Waals surface area (Å²) in [5, 5.41) is 8.23. The van der Waals surface area contributed by atoms with E-state index in [1.165, 1.54) is 34.9 Å². The van der Waals surface area contributed by atoms with Gasteiger partial charge in [0.25, 0.3) is 5.91 Å². The van der Waals surface area contributed by atoms with Gasteiger partial charge in [-0.15, -0.1) is 0 Å². The Labute approximate surface area is 212 Å². The van der Waals surface area contributed by atoms with E-state index < -0.39 is 11.7 Å². The Morgan fingerprint density at radius 2 is 1.92 bits per heavy atom. The molecular weight excluding hydrogens is 513 g/mol. The lowest BCUT2D eigenvalue weighted by molar-refractivity contribution is -0.138. The number of rotatable bonds is 5. The summed E-state index contributed by atoms with van der Waals surface area (Å²) in [5.74, 6) is -0.263. The lowest BCUT2D eigenvalue weighted by atomic mass is 10.1. The Balaban J connectivity index is 1.35. The van der Waals surface area contributed by atoms with Crippen LogP contribution in [0.2, 0.25) is 5.02 Å². The van der Waals surface area contributed by atoms with Crippen molar-refractivity contribution in [2.75, 3.05) is 0 Å². The molecule has 1 fully saturated rings. The van der Waals surface area contributed by atoms with Crippen LogP contribution in [0.1, 0.15) is 22.3 Å². The normalized spacial score (nSPS) is 16.3. The number of hydrogen-bond donors (Lipinski definition) is 1. The highest BCUT2D eigenvalue weighted by atomic mass is 35.5. The van der Waals surface area contributed by atoms with E-state index in [0.29, 0.717) is 22.1 Å².